The van der Waals surface area contributed by atoms with Crippen molar-refractivity contribution in [3.05, 3.63) is 29.3 Å². The number of esters is 1. The van der Waals surface area contributed by atoms with Crippen LogP contribution in [-0.4, -0.2) is 53.8 Å². The molecule has 0 amide bonds. The molecule has 0 spiro atoms. The van der Waals surface area contributed by atoms with Crippen LogP contribution in [0.2, 0.25) is 0 Å². The Balaban J connectivity index is 1.67. The molecule has 2 N–H and O–H groups in total. The molecule has 1 aromatic carbocycles. The summed E-state index contributed by atoms with van der Waals surface area (Å²) in [5.41, 5.74) is 2.19. The van der Waals surface area contributed by atoms with Gasteiger partial charge in [0.2, 0.25) is 0 Å². The van der Waals surface area contributed by atoms with Crippen molar-refractivity contribution < 1.29 is 14.6 Å². The number of carbonyl (C=O) groups is 1. The number of nitrogens with zero attached hydrogens (tertiary/aromatic N) is 1. The molecule has 2 aliphatic rings. The molecule has 0 aromatic heterocycles. The van der Waals surface area contributed by atoms with Crippen LogP contribution in [0.4, 0.5) is 0 Å². The zero-order chi connectivity index (χ0) is 19.8. The Kier molecular flexibility index (Phi) is 5.55. The Morgan fingerprint density at radius 1 is 1.41 bits per heavy atom. The van der Waals surface area contributed by atoms with Gasteiger partial charge in [-0.05, 0) is 83.4 Å². The van der Waals surface area contributed by atoms with Gasteiger partial charge in [0.15, 0.2) is 0 Å². The molecular formula is C22H34N2O3. The molecule has 2 bridgehead atoms. The Morgan fingerprint density at radius 3 is 2.85 bits per heavy atom. The zero-order valence-corrected chi connectivity index (χ0v) is 17.3. The minimum atomic E-state index is -0.424. The highest BCUT2D eigenvalue weighted by Crippen LogP contribution is 2.45. The van der Waals surface area contributed by atoms with E-state index in [9.17, 15) is 9.90 Å². The summed E-state index contributed by atoms with van der Waals surface area (Å²) in [6.45, 7) is 9.86. The van der Waals surface area contributed by atoms with Gasteiger partial charge >= 0.3 is 5.97 Å². The number of phenolic OH excluding ortho intramolecular Hbond substituents is 1. The standard InChI is InChI=1S/C22H34N2O3/c1-21(2,3)27-19(26)7-6-11-23-20-18-13-15-8-9-16(25)14-17(15)22(20,4)10-12-24(18)5/h8-9,14,18,20,23,25H,6-7,10-13H2,1-5H3/t18-,20-,22-/m1/s1. The van der Waals surface area contributed by atoms with E-state index in [1.54, 1.807) is 6.07 Å². The summed E-state index contributed by atoms with van der Waals surface area (Å²) in [6, 6.07) is 6.57. The van der Waals surface area contributed by atoms with Gasteiger partial charge in [0.25, 0.3) is 0 Å². The van der Waals surface area contributed by atoms with Crippen molar-refractivity contribution in [1.29, 1.82) is 0 Å². The Hall–Kier alpha value is -1.59. The van der Waals surface area contributed by atoms with Crippen molar-refractivity contribution >= 4 is 5.97 Å². The first kappa shape index (κ1) is 20.2. The zero-order valence-electron chi connectivity index (χ0n) is 17.3. The van der Waals surface area contributed by atoms with E-state index in [0.717, 1.165) is 32.4 Å². The van der Waals surface area contributed by atoms with Gasteiger partial charge in [-0.1, -0.05) is 13.0 Å². The van der Waals surface area contributed by atoms with Crippen LogP contribution in [0, 0.1) is 0 Å². The molecule has 5 nitrogen and oxygen atoms in total. The number of carbonyl (C=O) groups excluding carboxylic acids is 1. The summed E-state index contributed by atoms with van der Waals surface area (Å²) in [5, 5.41) is 13.8. The lowest BCUT2D eigenvalue weighted by molar-refractivity contribution is -0.154. The van der Waals surface area contributed by atoms with E-state index in [1.165, 1.54) is 11.1 Å². The first-order valence-electron chi connectivity index (χ1n) is 10.1. The SMILES string of the molecule is CN1CC[C@]2(C)c3cc(O)ccc3C[C@@H]1[C@H]2NCCCC(=O)OC(C)(C)C. The average Bonchev–Trinajstić information content (AvgIpc) is 2.56. The first-order valence-corrected chi connectivity index (χ1v) is 10.1. The van der Waals surface area contributed by atoms with Gasteiger partial charge < -0.3 is 20.1 Å². The topological polar surface area (TPSA) is 61.8 Å². The molecule has 1 fully saturated rings. The van der Waals surface area contributed by atoms with E-state index in [4.69, 9.17) is 4.74 Å². The van der Waals surface area contributed by atoms with Crippen LogP contribution >= 0.6 is 0 Å². The van der Waals surface area contributed by atoms with Crippen molar-refractivity contribution in [3.63, 3.8) is 0 Å². The highest BCUT2D eigenvalue weighted by atomic mass is 16.6. The van der Waals surface area contributed by atoms with E-state index in [0.29, 0.717) is 24.3 Å². The number of piperidine rings is 1. The predicted molar refractivity (Wildman–Crippen MR) is 107 cm³/mol. The summed E-state index contributed by atoms with van der Waals surface area (Å²) >= 11 is 0. The number of likely N-dealkylation sites (tertiary alicyclic amines) is 1. The summed E-state index contributed by atoms with van der Waals surface area (Å²) in [4.78, 5) is 14.4. The number of rotatable bonds is 5. The number of ether oxygens (including phenoxy) is 1. The first-order chi connectivity index (χ1) is 12.6. The van der Waals surface area contributed by atoms with Gasteiger partial charge in [0, 0.05) is 23.9 Å². The number of hydrogen-bond acceptors (Lipinski definition) is 5. The Morgan fingerprint density at radius 2 is 2.15 bits per heavy atom. The van der Waals surface area contributed by atoms with Crippen LogP contribution in [0.15, 0.2) is 18.2 Å². The smallest absolute Gasteiger partial charge is 0.306 e. The lowest BCUT2D eigenvalue weighted by atomic mass is 9.61. The van der Waals surface area contributed by atoms with Crippen LogP contribution < -0.4 is 5.32 Å². The van der Waals surface area contributed by atoms with Crippen LogP contribution in [0.5, 0.6) is 5.75 Å². The maximum atomic E-state index is 11.9. The van der Waals surface area contributed by atoms with Gasteiger partial charge in [-0.2, -0.15) is 0 Å². The molecule has 5 heteroatoms. The quantitative estimate of drug-likeness (QED) is 0.613. The Labute approximate surface area is 163 Å². The van der Waals surface area contributed by atoms with Crippen molar-refractivity contribution in [2.45, 2.75) is 76.5 Å². The number of benzene rings is 1. The van der Waals surface area contributed by atoms with Gasteiger partial charge in [-0.3, -0.25) is 4.79 Å². The van der Waals surface area contributed by atoms with Crippen molar-refractivity contribution in [2.75, 3.05) is 20.1 Å². The number of fused-ring (bicyclic) bond motifs is 4. The van der Waals surface area contributed by atoms with Gasteiger partial charge in [0.05, 0.1) is 0 Å². The highest BCUT2D eigenvalue weighted by Gasteiger charge is 2.49. The van der Waals surface area contributed by atoms with Crippen LogP contribution in [0.25, 0.3) is 0 Å². The highest BCUT2D eigenvalue weighted by molar-refractivity contribution is 5.69. The summed E-state index contributed by atoms with van der Waals surface area (Å²) in [7, 11) is 2.20. The molecule has 3 rings (SSSR count). The molecule has 0 radical (unpaired) electrons. The molecule has 1 saturated heterocycles. The van der Waals surface area contributed by atoms with Gasteiger partial charge in [-0.25, -0.2) is 0 Å². The van der Waals surface area contributed by atoms with E-state index in [1.807, 2.05) is 26.8 Å². The van der Waals surface area contributed by atoms with Crippen molar-refractivity contribution in [1.82, 2.24) is 10.2 Å². The third-order valence-electron chi connectivity index (χ3n) is 6.10. The number of phenols is 1. The van der Waals surface area contributed by atoms with E-state index in [2.05, 4.69) is 30.3 Å². The second-order valence-corrected chi connectivity index (χ2v) is 9.38. The number of aromatic hydroxyl groups is 1. The summed E-state index contributed by atoms with van der Waals surface area (Å²) in [5.74, 6) is 0.211. The van der Waals surface area contributed by atoms with E-state index >= 15 is 0 Å². The van der Waals surface area contributed by atoms with E-state index < -0.39 is 5.60 Å². The molecule has 150 valence electrons. The van der Waals surface area contributed by atoms with E-state index in [-0.39, 0.29) is 11.4 Å². The van der Waals surface area contributed by atoms with Gasteiger partial charge in [0.1, 0.15) is 11.4 Å². The maximum absolute atomic E-state index is 11.9. The number of likely N-dealkylation sites (N-methyl/N-ethyl adjacent to an activating group) is 1. The lowest BCUT2D eigenvalue weighted by Crippen LogP contribution is -2.66. The van der Waals surface area contributed by atoms with Crippen LogP contribution in [0.1, 0.15) is 58.1 Å². The van der Waals surface area contributed by atoms with Crippen molar-refractivity contribution in [2.24, 2.45) is 0 Å². The molecule has 1 aliphatic carbocycles. The second kappa shape index (κ2) is 7.44. The monoisotopic (exact) mass is 374 g/mol. The summed E-state index contributed by atoms with van der Waals surface area (Å²) < 4.78 is 5.40. The van der Waals surface area contributed by atoms with Crippen LogP contribution in [0.3, 0.4) is 0 Å². The van der Waals surface area contributed by atoms with Gasteiger partial charge in [-0.15, -0.1) is 0 Å². The molecule has 1 aromatic rings. The normalized spacial score (nSPS) is 27.9. The minimum absolute atomic E-state index is 0.00455. The minimum Gasteiger partial charge on any atom is -0.508 e. The predicted octanol–water partition coefficient (Wildman–Crippen LogP) is 2.99. The summed E-state index contributed by atoms with van der Waals surface area (Å²) in [6.07, 6.45) is 3.25. The average molecular weight is 375 g/mol. The third-order valence-corrected chi connectivity index (χ3v) is 6.10. The second-order valence-electron chi connectivity index (χ2n) is 9.38. The molecule has 1 aliphatic heterocycles. The number of hydrogen-bond donors (Lipinski definition) is 2. The molecular weight excluding hydrogens is 340 g/mol. The van der Waals surface area contributed by atoms with Crippen LogP contribution in [-0.2, 0) is 21.4 Å². The molecule has 0 unspecified atom stereocenters. The van der Waals surface area contributed by atoms with Crippen molar-refractivity contribution in [3.8, 4) is 5.75 Å². The molecule has 0 saturated carbocycles. The number of nitrogens with one attached hydrogen (secondary N) is 1. The fourth-order valence-electron chi connectivity index (χ4n) is 4.73. The Bertz CT molecular complexity index is 697. The molecule has 3 atom stereocenters. The maximum Gasteiger partial charge on any atom is 0.306 e. The third kappa shape index (κ3) is 4.30. The molecule has 1 heterocycles. The largest absolute Gasteiger partial charge is 0.508 e. The fourth-order valence-corrected chi connectivity index (χ4v) is 4.73. The fraction of sp³-hybridized carbons (Fsp3) is 0.682. The lowest BCUT2D eigenvalue weighted by Gasteiger charge is -2.55. The molecule has 27 heavy (non-hydrogen) atoms.